The van der Waals surface area contributed by atoms with E-state index in [9.17, 15) is 18.7 Å². The normalized spacial score (nSPS) is 24.5. The fraction of sp³-hybridized carbons (Fsp3) is 0.941. The Morgan fingerprint density at radius 1 is 1.24 bits per heavy atom. The van der Waals surface area contributed by atoms with E-state index >= 15 is 0 Å². The maximum absolute atomic E-state index is 13.7. The number of carbonyl (C=O) groups excluding carboxylic acids is 1. The number of unbranched alkanes of at least 4 members (excludes halogenated alkanes) is 2. The minimum atomic E-state index is -2.99. The molecule has 4 heteroatoms. The highest BCUT2D eigenvalue weighted by molar-refractivity contribution is 5.83. The van der Waals surface area contributed by atoms with Gasteiger partial charge in [-0.15, -0.1) is 0 Å². The number of hydrogen-bond acceptors (Lipinski definition) is 2. The molecular weight excluding hydrogens is 274 g/mol. The van der Waals surface area contributed by atoms with Gasteiger partial charge in [-0.05, 0) is 38.0 Å². The molecule has 0 aromatic heterocycles. The molecule has 0 spiro atoms. The second-order valence-corrected chi connectivity index (χ2v) is 6.47. The quantitative estimate of drug-likeness (QED) is 0.633. The average molecular weight is 304 g/mol. The van der Waals surface area contributed by atoms with Gasteiger partial charge < -0.3 is 5.11 Å². The molecule has 2 unspecified atom stereocenters. The van der Waals surface area contributed by atoms with Crippen LogP contribution in [0.2, 0.25) is 0 Å². The van der Waals surface area contributed by atoms with Crippen LogP contribution in [0, 0.1) is 11.8 Å². The summed E-state index contributed by atoms with van der Waals surface area (Å²) >= 11 is 0. The molecule has 1 saturated carbocycles. The van der Waals surface area contributed by atoms with Crippen LogP contribution in [-0.2, 0) is 4.79 Å². The van der Waals surface area contributed by atoms with Crippen LogP contribution >= 0.6 is 0 Å². The number of hydrogen-bond donors (Lipinski definition) is 1. The van der Waals surface area contributed by atoms with Crippen LogP contribution in [-0.4, -0.2) is 22.9 Å². The Labute approximate surface area is 127 Å². The fourth-order valence-corrected chi connectivity index (χ4v) is 3.31. The van der Waals surface area contributed by atoms with Crippen LogP contribution in [0.3, 0.4) is 0 Å². The smallest absolute Gasteiger partial charge is 0.273 e. The van der Waals surface area contributed by atoms with Crippen LogP contribution in [0.1, 0.15) is 78.1 Å². The number of Topliss-reactive ketones (excluding diaryl/α,β-unsaturated/α-hetero) is 1. The van der Waals surface area contributed by atoms with Crippen molar-refractivity contribution in [3.05, 3.63) is 0 Å². The summed E-state index contributed by atoms with van der Waals surface area (Å²) in [5.74, 6) is -2.46. The van der Waals surface area contributed by atoms with E-state index in [4.69, 9.17) is 0 Å². The molecule has 124 valence electrons. The third-order valence-corrected chi connectivity index (χ3v) is 4.77. The number of carbonyl (C=O) groups is 1. The van der Waals surface area contributed by atoms with Crippen molar-refractivity contribution < 1.29 is 18.7 Å². The fourth-order valence-electron chi connectivity index (χ4n) is 3.31. The highest BCUT2D eigenvalue weighted by atomic mass is 19.3. The Morgan fingerprint density at radius 2 is 1.90 bits per heavy atom. The third kappa shape index (κ3) is 5.65. The number of halogens is 2. The van der Waals surface area contributed by atoms with Gasteiger partial charge >= 0.3 is 0 Å². The van der Waals surface area contributed by atoms with Gasteiger partial charge in [0.05, 0.1) is 0 Å². The predicted molar refractivity (Wildman–Crippen MR) is 80.5 cm³/mol. The molecule has 0 radical (unpaired) electrons. The minimum absolute atomic E-state index is 0.0430. The molecule has 0 aliphatic heterocycles. The lowest BCUT2D eigenvalue weighted by atomic mass is 9.85. The lowest BCUT2D eigenvalue weighted by Crippen LogP contribution is -2.34. The molecule has 0 bridgehead atoms. The summed E-state index contributed by atoms with van der Waals surface area (Å²) in [7, 11) is 0. The topological polar surface area (TPSA) is 37.3 Å². The first-order valence-electron chi connectivity index (χ1n) is 8.51. The Bertz CT molecular complexity index is 318. The van der Waals surface area contributed by atoms with Crippen molar-refractivity contribution in [2.75, 3.05) is 0 Å². The monoisotopic (exact) mass is 304 g/mol. The third-order valence-electron chi connectivity index (χ3n) is 4.77. The van der Waals surface area contributed by atoms with Crippen LogP contribution in [0.4, 0.5) is 8.78 Å². The van der Waals surface area contributed by atoms with Gasteiger partial charge in [0.25, 0.3) is 5.92 Å². The summed E-state index contributed by atoms with van der Waals surface area (Å²) in [6.45, 7) is 3.96. The van der Waals surface area contributed by atoms with E-state index < -0.39 is 12.0 Å². The van der Waals surface area contributed by atoms with E-state index in [1.807, 2.05) is 6.92 Å². The van der Waals surface area contributed by atoms with Crippen molar-refractivity contribution >= 4 is 5.78 Å². The number of aliphatic hydroxyl groups is 1. The summed E-state index contributed by atoms with van der Waals surface area (Å²) in [6.07, 6.45) is 4.32. The molecule has 1 aliphatic carbocycles. The molecule has 0 saturated heterocycles. The zero-order valence-electron chi connectivity index (χ0n) is 13.4. The van der Waals surface area contributed by atoms with Gasteiger partial charge in [-0.25, -0.2) is 8.78 Å². The van der Waals surface area contributed by atoms with Crippen LogP contribution < -0.4 is 0 Å². The molecule has 0 aromatic carbocycles. The highest BCUT2D eigenvalue weighted by Crippen LogP contribution is 2.37. The molecule has 21 heavy (non-hydrogen) atoms. The van der Waals surface area contributed by atoms with Crippen LogP contribution in [0.25, 0.3) is 0 Å². The lowest BCUT2D eigenvalue weighted by Gasteiger charge is -2.25. The van der Waals surface area contributed by atoms with Crippen LogP contribution in [0.5, 0.6) is 0 Å². The Kier molecular flexibility index (Phi) is 7.78. The van der Waals surface area contributed by atoms with Gasteiger partial charge in [-0.1, -0.05) is 33.1 Å². The van der Waals surface area contributed by atoms with Gasteiger partial charge in [0.15, 0.2) is 0 Å². The molecule has 1 rings (SSSR count). The largest absolute Gasteiger partial charge is 0.387 e. The lowest BCUT2D eigenvalue weighted by molar-refractivity contribution is -0.122. The molecule has 0 aromatic rings. The summed E-state index contributed by atoms with van der Waals surface area (Å²) in [4.78, 5) is 11.9. The van der Waals surface area contributed by atoms with Crippen molar-refractivity contribution in [2.45, 2.75) is 90.1 Å². The van der Waals surface area contributed by atoms with Gasteiger partial charge in [0.1, 0.15) is 11.9 Å². The molecular formula is C17H30F2O2. The predicted octanol–water partition coefficient (Wildman–Crippen LogP) is 4.74. The minimum Gasteiger partial charge on any atom is -0.387 e. The SMILES string of the molecule is CCCC[C@H]1C(=O)CCC1CCC(O)C(F)(F)CCCC. The molecule has 2 nitrogen and oxygen atoms in total. The van der Waals surface area contributed by atoms with Crippen molar-refractivity contribution in [1.82, 2.24) is 0 Å². The van der Waals surface area contributed by atoms with Gasteiger partial charge in [0, 0.05) is 18.8 Å². The van der Waals surface area contributed by atoms with Crippen LogP contribution in [0.15, 0.2) is 0 Å². The van der Waals surface area contributed by atoms with Crippen molar-refractivity contribution in [3.8, 4) is 0 Å². The number of alkyl halides is 2. The number of ketones is 1. The van der Waals surface area contributed by atoms with E-state index in [-0.39, 0.29) is 24.7 Å². The zero-order valence-corrected chi connectivity index (χ0v) is 13.4. The molecule has 1 aliphatic rings. The average Bonchev–Trinajstić information content (AvgIpc) is 2.80. The van der Waals surface area contributed by atoms with Crippen molar-refractivity contribution in [1.29, 1.82) is 0 Å². The molecule has 3 atom stereocenters. The van der Waals surface area contributed by atoms with E-state index in [1.54, 1.807) is 0 Å². The summed E-state index contributed by atoms with van der Waals surface area (Å²) in [5, 5.41) is 9.76. The molecule has 1 N–H and O–H groups in total. The Balaban J connectivity index is 2.43. The van der Waals surface area contributed by atoms with E-state index in [1.165, 1.54) is 0 Å². The van der Waals surface area contributed by atoms with Gasteiger partial charge in [0.2, 0.25) is 0 Å². The van der Waals surface area contributed by atoms with E-state index in [2.05, 4.69) is 6.92 Å². The molecule has 0 heterocycles. The van der Waals surface area contributed by atoms with Gasteiger partial charge in [-0.3, -0.25) is 4.79 Å². The van der Waals surface area contributed by atoms with Crippen molar-refractivity contribution in [2.24, 2.45) is 11.8 Å². The molecule has 1 fully saturated rings. The maximum Gasteiger partial charge on any atom is 0.273 e. The first-order chi connectivity index (χ1) is 9.92. The summed E-state index contributed by atoms with van der Waals surface area (Å²) in [6, 6.07) is 0. The van der Waals surface area contributed by atoms with E-state index in [0.29, 0.717) is 31.5 Å². The Hall–Kier alpha value is -0.510. The summed E-state index contributed by atoms with van der Waals surface area (Å²) < 4.78 is 27.5. The first kappa shape index (κ1) is 18.5. The van der Waals surface area contributed by atoms with E-state index in [0.717, 1.165) is 25.7 Å². The second-order valence-electron chi connectivity index (χ2n) is 6.47. The standard InChI is InChI=1S/C17H30F2O2/c1-3-5-7-14-13(8-10-15(14)20)9-11-16(21)17(18,19)12-6-4-2/h13-14,16,21H,3-12H2,1-2H3/t13?,14-,16?/m1/s1. The van der Waals surface area contributed by atoms with Crippen molar-refractivity contribution in [3.63, 3.8) is 0 Å². The number of aliphatic hydroxyl groups excluding tert-OH is 1. The zero-order chi connectivity index (χ0) is 15.9. The Morgan fingerprint density at radius 3 is 2.52 bits per heavy atom. The highest BCUT2D eigenvalue weighted by Gasteiger charge is 2.39. The first-order valence-corrected chi connectivity index (χ1v) is 8.51. The summed E-state index contributed by atoms with van der Waals surface area (Å²) in [5.41, 5.74) is 0. The second kappa shape index (κ2) is 8.82. The number of rotatable bonds is 10. The molecule has 0 amide bonds. The maximum atomic E-state index is 13.7. The van der Waals surface area contributed by atoms with Gasteiger partial charge in [-0.2, -0.15) is 0 Å².